The molecule has 2 heteroatoms. The zero-order valence-electron chi connectivity index (χ0n) is 13.2. The number of fused-ring (bicyclic) bond motifs is 2. The molecule has 2 N–H and O–H groups in total. The first-order valence-electron chi connectivity index (χ1n) is 7.81. The van der Waals surface area contributed by atoms with Crippen molar-refractivity contribution in [2.75, 3.05) is 0 Å². The van der Waals surface area contributed by atoms with E-state index in [2.05, 4.69) is 79.3 Å². The zero-order chi connectivity index (χ0) is 15.3. The van der Waals surface area contributed by atoms with Crippen molar-refractivity contribution >= 4 is 21.8 Å². The van der Waals surface area contributed by atoms with E-state index in [4.69, 9.17) is 0 Å². The predicted molar refractivity (Wildman–Crippen MR) is 93.6 cm³/mol. The molecule has 0 aliphatic heterocycles. The van der Waals surface area contributed by atoms with Gasteiger partial charge in [0, 0.05) is 39.1 Å². The van der Waals surface area contributed by atoms with Gasteiger partial charge in [-0.05, 0) is 37.1 Å². The second kappa shape index (κ2) is 4.77. The highest BCUT2D eigenvalue weighted by Gasteiger charge is 2.19. The summed E-state index contributed by atoms with van der Waals surface area (Å²) in [4.78, 5) is 7.23. The summed E-state index contributed by atoms with van der Waals surface area (Å²) < 4.78 is 0. The van der Waals surface area contributed by atoms with E-state index >= 15 is 0 Å². The number of aryl methyl sites for hydroxylation is 2. The average Bonchev–Trinajstić information content (AvgIpc) is 3.06. The lowest BCUT2D eigenvalue weighted by atomic mass is 9.97. The van der Waals surface area contributed by atoms with E-state index in [1.54, 1.807) is 0 Å². The number of aromatic nitrogens is 2. The Hall–Kier alpha value is -2.48. The van der Waals surface area contributed by atoms with E-state index in [1.165, 1.54) is 44.3 Å². The van der Waals surface area contributed by atoms with Gasteiger partial charge in [-0.25, -0.2) is 0 Å². The monoisotopic (exact) mass is 288 g/mol. The second-order valence-electron chi connectivity index (χ2n) is 6.14. The molecule has 0 radical (unpaired) electrons. The van der Waals surface area contributed by atoms with E-state index in [1.807, 2.05) is 0 Å². The fourth-order valence-corrected chi connectivity index (χ4v) is 3.62. The number of rotatable bonds is 2. The molecule has 2 aromatic carbocycles. The van der Waals surface area contributed by atoms with E-state index in [0.29, 0.717) is 5.92 Å². The van der Waals surface area contributed by atoms with Crippen molar-refractivity contribution in [3.05, 3.63) is 71.0 Å². The molecule has 0 fully saturated rings. The molecule has 0 bridgehead atoms. The molecule has 110 valence electrons. The highest BCUT2D eigenvalue weighted by atomic mass is 14.8. The molecule has 22 heavy (non-hydrogen) atoms. The van der Waals surface area contributed by atoms with Crippen molar-refractivity contribution in [2.24, 2.45) is 0 Å². The Balaban J connectivity index is 1.90. The quantitative estimate of drug-likeness (QED) is 0.494. The van der Waals surface area contributed by atoms with Crippen molar-refractivity contribution < 1.29 is 0 Å². The van der Waals surface area contributed by atoms with Crippen LogP contribution in [0.4, 0.5) is 0 Å². The number of para-hydroxylation sites is 2. The first kappa shape index (κ1) is 13.2. The number of hydrogen-bond acceptors (Lipinski definition) is 0. The maximum Gasteiger partial charge on any atom is 0.0459 e. The maximum atomic E-state index is 3.61. The van der Waals surface area contributed by atoms with Crippen LogP contribution in [0.5, 0.6) is 0 Å². The summed E-state index contributed by atoms with van der Waals surface area (Å²) in [7, 11) is 0. The van der Waals surface area contributed by atoms with Crippen LogP contribution in [-0.4, -0.2) is 9.97 Å². The molecular weight excluding hydrogens is 268 g/mol. The highest BCUT2D eigenvalue weighted by molar-refractivity contribution is 5.86. The lowest BCUT2D eigenvalue weighted by molar-refractivity contribution is 0.842. The van der Waals surface area contributed by atoms with Gasteiger partial charge in [-0.1, -0.05) is 43.3 Å². The van der Waals surface area contributed by atoms with Crippen LogP contribution in [0.15, 0.2) is 48.5 Å². The molecule has 2 heterocycles. The van der Waals surface area contributed by atoms with Crippen LogP contribution >= 0.6 is 0 Å². The molecule has 0 saturated heterocycles. The first-order chi connectivity index (χ1) is 10.7. The topological polar surface area (TPSA) is 31.6 Å². The van der Waals surface area contributed by atoms with Gasteiger partial charge in [0.2, 0.25) is 0 Å². The van der Waals surface area contributed by atoms with Crippen LogP contribution in [0.3, 0.4) is 0 Å². The number of hydrogen-bond donors (Lipinski definition) is 2. The van der Waals surface area contributed by atoms with E-state index in [9.17, 15) is 0 Å². The summed E-state index contributed by atoms with van der Waals surface area (Å²) >= 11 is 0. The lowest BCUT2D eigenvalue weighted by Gasteiger charge is -2.11. The number of H-pyrrole nitrogens is 2. The first-order valence-corrected chi connectivity index (χ1v) is 7.81. The van der Waals surface area contributed by atoms with Gasteiger partial charge in [0.05, 0.1) is 0 Å². The fourth-order valence-electron chi connectivity index (χ4n) is 3.62. The number of benzene rings is 2. The summed E-state index contributed by atoms with van der Waals surface area (Å²) in [6, 6.07) is 17.1. The van der Waals surface area contributed by atoms with Gasteiger partial charge >= 0.3 is 0 Å². The molecule has 4 rings (SSSR count). The van der Waals surface area contributed by atoms with Crippen molar-refractivity contribution in [1.82, 2.24) is 9.97 Å². The molecule has 2 nitrogen and oxygen atoms in total. The SMILES string of the molecule is Cc1c(C(C)c2[nH]c3ccccc3c2C)[nH]c2ccccc12. The van der Waals surface area contributed by atoms with Gasteiger partial charge in [-0.15, -0.1) is 0 Å². The van der Waals surface area contributed by atoms with E-state index < -0.39 is 0 Å². The molecule has 2 aromatic heterocycles. The summed E-state index contributed by atoms with van der Waals surface area (Å²) in [6.07, 6.45) is 0. The van der Waals surface area contributed by atoms with Crippen molar-refractivity contribution in [3.63, 3.8) is 0 Å². The molecule has 0 amide bonds. The van der Waals surface area contributed by atoms with Gasteiger partial charge in [0.15, 0.2) is 0 Å². The second-order valence-corrected chi connectivity index (χ2v) is 6.14. The summed E-state index contributed by atoms with van der Waals surface area (Å²) in [6.45, 7) is 6.70. The van der Waals surface area contributed by atoms with Gasteiger partial charge in [-0.2, -0.15) is 0 Å². The molecule has 0 aliphatic rings. The smallest absolute Gasteiger partial charge is 0.0459 e. The van der Waals surface area contributed by atoms with Gasteiger partial charge < -0.3 is 9.97 Å². The highest BCUT2D eigenvalue weighted by Crippen LogP contribution is 2.34. The Labute approximate surface area is 130 Å². The third kappa shape index (κ3) is 1.80. The molecule has 0 unspecified atom stereocenters. The van der Waals surface area contributed by atoms with Crippen LogP contribution in [0, 0.1) is 13.8 Å². The Morgan fingerprint density at radius 3 is 1.50 bits per heavy atom. The van der Waals surface area contributed by atoms with Crippen LogP contribution in [0.25, 0.3) is 21.8 Å². The van der Waals surface area contributed by atoms with Crippen LogP contribution < -0.4 is 0 Å². The largest absolute Gasteiger partial charge is 0.358 e. The van der Waals surface area contributed by atoms with Crippen LogP contribution in [0.1, 0.15) is 35.4 Å². The van der Waals surface area contributed by atoms with Crippen LogP contribution in [-0.2, 0) is 0 Å². The minimum absolute atomic E-state index is 0.319. The molecule has 0 spiro atoms. The predicted octanol–water partition coefficient (Wildman–Crippen LogP) is 5.42. The normalized spacial score (nSPS) is 11.8. The van der Waals surface area contributed by atoms with Gasteiger partial charge in [-0.3, -0.25) is 0 Å². The molecule has 0 atom stereocenters. The molecule has 0 aliphatic carbocycles. The van der Waals surface area contributed by atoms with E-state index in [-0.39, 0.29) is 0 Å². The Bertz CT molecular complexity index is 892. The van der Waals surface area contributed by atoms with Crippen molar-refractivity contribution in [2.45, 2.75) is 26.7 Å². The van der Waals surface area contributed by atoms with E-state index in [0.717, 1.165) is 0 Å². The third-order valence-electron chi connectivity index (χ3n) is 4.87. The summed E-state index contributed by atoms with van der Waals surface area (Å²) in [5.74, 6) is 0.319. The van der Waals surface area contributed by atoms with Crippen molar-refractivity contribution in [3.8, 4) is 0 Å². The molecule has 4 aromatic rings. The Morgan fingerprint density at radius 1 is 0.682 bits per heavy atom. The maximum absolute atomic E-state index is 3.61. The minimum atomic E-state index is 0.319. The van der Waals surface area contributed by atoms with Crippen molar-refractivity contribution in [1.29, 1.82) is 0 Å². The zero-order valence-corrected chi connectivity index (χ0v) is 13.2. The summed E-state index contributed by atoms with van der Waals surface area (Å²) in [5, 5.41) is 2.64. The lowest BCUT2D eigenvalue weighted by Crippen LogP contribution is -2.00. The standard InChI is InChI=1S/C20H20N2/c1-12-15-8-4-6-10-17(15)21-19(12)14(3)20-13(2)16-9-5-7-11-18(16)22-20/h4-11,14,21-22H,1-3H3. The molecule has 0 saturated carbocycles. The Kier molecular flexibility index (Phi) is 2.86. The number of nitrogens with one attached hydrogen (secondary N) is 2. The average molecular weight is 288 g/mol. The van der Waals surface area contributed by atoms with Gasteiger partial charge in [0.1, 0.15) is 0 Å². The summed E-state index contributed by atoms with van der Waals surface area (Å²) in [5.41, 5.74) is 7.74. The van der Waals surface area contributed by atoms with Crippen LogP contribution in [0.2, 0.25) is 0 Å². The number of aromatic amines is 2. The fraction of sp³-hybridized carbons (Fsp3) is 0.200. The van der Waals surface area contributed by atoms with Gasteiger partial charge in [0.25, 0.3) is 0 Å². The Morgan fingerprint density at radius 2 is 1.09 bits per heavy atom. The molecular formula is C20H20N2. The third-order valence-corrected chi connectivity index (χ3v) is 4.87. The minimum Gasteiger partial charge on any atom is -0.358 e.